The molecule has 7 heteroatoms. The van der Waals surface area contributed by atoms with Gasteiger partial charge in [-0.2, -0.15) is 0 Å². The molecular formula is C14H18ClFN2O3. The standard InChI is InChI=1S/C14H18ClFN2O3/c15-12-3-2-10(16)8-13(12)18-14(19)17-5-1-6-21-11-4-7-20-9-11/h2-3,8,11H,1,4-7,9H2,(H2,17,18,19)/t11-/m1/s1. The van der Waals surface area contributed by atoms with Crippen molar-refractivity contribution >= 4 is 23.3 Å². The highest BCUT2D eigenvalue weighted by molar-refractivity contribution is 6.33. The number of ether oxygens (including phenoxy) is 2. The first kappa shape index (κ1) is 16.0. The van der Waals surface area contributed by atoms with Crippen LogP contribution in [0.5, 0.6) is 0 Å². The number of rotatable bonds is 6. The van der Waals surface area contributed by atoms with Gasteiger partial charge in [0.2, 0.25) is 0 Å². The number of nitrogens with one attached hydrogen (secondary N) is 2. The van der Waals surface area contributed by atoms with E-state index in [9.17, 15) is 9.18 Å². The van der Waals surface area contributed by atoms with E-state index in [4.69, 9.17) is 21.1 Å². The van der Waals surface area contributed by atoms with Crippen LogP contribution < -0.4 is 10.6 Å². The highest BCUT2D eigenvalue weighted by Gasteiger charge is 2.15. The molecule has 1 aromatic rings. The van der Waals surface area contributed by atoms with Crippen LogP contribution in [0.4, 0.5) is 14.9 Å². The van der Waals surface area contributed by atoms with Crippen LogP contribution in [-0.4, -0.2) is 38.5 Å². The number of hydrogen-bond acceptors (Lipinski definition) is 3. The molecule has 0 bridgehead atoms. The molecule has 1 aliphatic heterocycles. The molecule has 1 saturated heterocycles. The second kappa shape index (κ2) is 8.17. The van der Waals surface area contributed by atoms with E-state index in [2.05, 4.69) is 10.6 Å². The molecule has 116 valence electrons. The Morgan fingerprint density at radius 1 is 1.52 bits per heavy atom. The lowest BCUT2D eigenvalue weighted by atomic mass is 10.3. The van der Waals surface area contributed by atoms with Gasteiger partial charge in [-0.15, -0.1) is 0 Å². The summed E-state index contributed by atoms with van der Waals surface area (Å²) in [5.41, 5.74) is 0.244. The fraction of sp³-hybridized carbons (Fsp3) is 0.500. The summed E-state index contributed by atoms with van der Waals surface area (Å²) in [7, 11) is 0. The normalized spacial score (nSPS) is 17.7. The Hall–Kier alpha value is -1.37. The van der Waals surface area contributed by atoms with E-state index in [-0.39, 0.29) is 16.8 Å². The number of hydrogen-bond donors (Lipinski definition) is 2. The van der Waals surface area contributed by atoms with Crippen molar-refractivity contribution in [3.63, 3.8) is 0 Å². The maximum atomic E-state index is 13.0. The molecule has 2 amide bonds. The number of urea groups is 1. The smallest absolute Gasteiger partial charge is 0.319 e. The molecule has 0 radical (unpaired) electrons. The monoisotopic (exact) mass is 316 g/mol. The quantitative estimate of drug-likeness (QED) is 0.793. The predicted molar refractivity (Wildman–Crippen MR) is 78.2 cm³/mol. The fourth-order valence-electron chi connectivity index (χ4n) is 1.93. The van der Waals surface area contributed by atoms with Crippen molar-refractivity contribution in [1.29, 1.82) is 0 Å². The van der Waals surface area contributed by atoms with Crippen molar-refractivity contribution in [3.8, 4) is 0 Å². The second-order valence-electron chi connectivity index (χ2n) is 4.72. The van der Waals surface area contributed by atoms with Gasteiger partial charge in [0.05, 0.1) is 23.4 Å². The van der Waals surface area contributed by atoms with Crippen molar-refractivity contribution in [3.05, 3.63) is 29.0 Å². The average molecular weight is 317 g/mol. The average Bonchev–Trinajstić information content (AvgIpc) is 2.96. The lowest BCUT2D eigenvalue weighted by Gasteiger charge is -2.11. The van der Waals surface area contributed by atoms with Crippen LogP contribution in [0.15, 0.2) is 18.2 Å². The van der Waals surface area contributed by atoms with Gasteiger partial charge in [0.1, 0.15) is 5.82 Å². The summed E-state index contributed by atoms with van der Waals surface area (Å²) in [4.78, 5) is 11.6. The second-order valence-corrected chi connectivity index (χ2v) is 5.12. The maximum Gasteiger partial charge on any atom is 0.319 e. The van der Waals surface area contributed by atoms with Crippen LogP contribution in [-0.2, 0) is 9.47 Å². The number of carbonyl (C=O) groups is 1. The Kier molecular flexibility index (Phi) is 6.22. The van der Waals surface area contributed by atoms with E-state index in [1.54, 1.807) is 0 Å². The van der Waals surface area contributed by atoms with E-state index in [0.717, 1.165) is 13.0 Å². The van der Waals surface area contributed by atoms with E-state index in [0.29, 0.717) is 26.2 Å². The summed E-state index contributed by atoms with van der Waals surface area (Å²) in [6.45, 7) is 2.42. The molecule has 0 unspecified atom stereocenters. The van der Waals surface area contributed by atoms with Crippen LogP contribution >= 0.6 is 11.6 Å². The number of anilines is 1. The van der Waals surface area contributed by atoms with Gasteiger partial charge < -0.3 is 20.1 Å². The van der Waals surface area contributed by atoms with Crippen molar-refractivity contribution in [1.82, 2.24) is 5.32 Å². The van der Waals surface area contributed by atoms with Crippen LogP contribution in [0.3, 0.4) is 0 Å². The van der Waals surface area contributed by atoms with Crippen molar-refractivity contribution < 1.29 is 18.7 Å². The van der Waals surface area contributed by atoms with Gasteiger partial charge in [-0.05, 0) is 31.0 Å². The van der Waals surface area contributed by atoms with Crippen molar-refractivity contribution in [2.45, 2.75) is 18.9 Å². The van der Waals surface area contributed by atoms with Crippen LogP contribution in [0.25, 0.3) is 0 Å². The van der Waals surface area contributed by atoms with Gasteiger partial charge in [0.25, 0.3) is 0 Å². The molecule has 1 aromatic carbocycles. The SMILES string of the molecule is O=C(NCCCO[C@@H]1CCOC1)Nc1cc(F)ccc1Cl. The van der Waals surface area contributed by atoms with Gasteiger partial charge in [-0.3, -0.25) is 0 Å². The molecule has 1 fully saturated rings. The summed E-state index contributed by atoms with van der Waals surface area (Å²) in [5, 5.41) is 5.45. The molecule has 0 aliphatic carbocycles. The Bertz CT molecular complexity index is 481. The van der Waals surface area contributed by atoms with Crippen LogP contribution in [0.2, 0.25) is 5.02 Å². The Balaban J connectivity index is 1.62. The summed E-state index contributed by atoms with van der Waals surface area (Å²) in [5.74, 6) is -0.457. The van der Waals surface area contributed by atoms with Crippen molar-refractivity contribution in [2.24, 2.45) is 0 Å². The number of amides is 2. The molecule has 2 N–H and O–H groups in total. The Labute approximate surface area is 127 Å². The molecule has 1 atom stereocenters. The highest BCUT2D eigenvalue weighted by atomic mass is 35.5. The first-order valence-corrected chi connectivity index (χ1v) is 7.22. The van der Waals surface area contributed by atoms with E-state index in [1.165, 1.54) is 18.2 Å². The molecule has 5 nitrogen and oxygen atoms in total. The summed E-state index contributed by atoms with van der Waals surface area (Å²) >= 11 is 5.86. The number of halogens is 2. The van der Waals surface area contributed by atoms with Gasteiger partial charge in [0, 0.05) is 19.8 Å². The highest BCUT2D eigenvalue weighted by Crippen LogP contribution is 2.22. The van der Waals surface area contributed by atoms with Crippen LogP contribution in [0.1, 0.15) is 12.8 Å². The predicted octanol–water partition coefficient (Wildman–Crippen LogP) is 2.80. The third kappa shape index (κ3) is 5.49. The largest absolute Gasteiger partial charge is 0.379 e. The summed E-state index contributed by atoms with van der Waals surface area (Å²) < 4.78 is 23.8. The molecule has 2 rings (SSSR count). The Morgan fingerprint density at radius 2 is 2.38 bits per heavy atom. The summed E-state index contributed by atoms with van der Waals surface area (Å²) in [6, 6.07) is 3.37. The van der Waals surface area contributed by atoms with Crippen molar-refractivity contribution in [2.75, 3.05) is 31.7 Å². The lowest BCUT2D eigenvalue weighted by Crippen LogP contribution is -2.30. The third-order valence-corrected chi connectivity index (χ3v) is 3.35. The van der Waals surface area contributed by atoms with Gasteiger partial charge in [-0.25, -0.2) is 9.18 Å². The molecule has 0 saturated carbocycles. The Morgan fingerprint density at radius 3 is 3.14 bits per heavy atom. The minimum atomic E-state index is -0.457. The molecule has 1 heterocycles. The van der Waals surface area contributed by atoms with Gasteiger partial charge >= 0.3 is 6.03 Å². The molecule has 0 spiro atoms. The van der Waals surface area contributed by atoms with E-state index < -0.39 is 11.8 Å². The molecule has 0 aromatic heterocycles. The van der Waals surface area contributed by atoms with Gasteiger partial charge in [-0.1, -0.05) is 11.6 Å². The topological polar surface area (TPSA) is 59.6 Å². The molecule has 1 aliphatic rings. The van der Waals surface area contributed by atoms with E-state index in [1.807, 2.05) is 0 Å². The number of benzene rings is 1. The fourth-order valence-corrected chi connectivity index (χ4v) is 2.09. The first-order chi connectivity index (χ1) is 10.1. The molecular weight excluding hydrogens is 299 g/mol. The van der Waals surface area contributed by atoms with E-state index >= 15 is 0 Å². The molecule has 21 heavy (non-hydrogen) atoms. The summed E-state index contributed by atoms with van der Waals surface area (Å²) in [6.07, 6.45) is 1.79. The third-order valence-electron chi connectivity index (χ3n) is 3.02. The zero-order valence-electron chi connectivity index (χ0n) is 11.5. The minimum Gasteiger partial charge on any atom is -0.379 e. The lowest BCUT2D eigenvalue weighted by molar-refractivity contribution is 0.0419. The zero-order chi connectivity index (χ0) is 15.1. The minimum absolute atomic E-state index is 0.171. The number of carbonyl (C=O) groups excluding carboxylic acids is 1. The zero-order valence-corrected chi connectivity index (χ0v) is 12.3. The van der Waals surface area contributed by atoms with Crippen LogP contribution in [0, 0.1) is 5.82 Å². The first-order valence-electron chi connectivity index (χ1n) is 6.84. The maximum absolute atomic E-state index is 13.0. The van der Waals surface area contributed by atoms with Gasteiger partial charge in [0.15, 0.2) is 0 Å².